The maximum absolute atomic E-state index is 9.90. The first-order chi connectivity index (χ1) is 12.6. The van der Waals surface area contributed by atoms with Crippen LogP contribution in [0.1, 0.15) is 5.56 Å². The van der Waals surface area contributed by atoms with E-state index in [2.05, 4.69) is 20.6 Å². The summed E-state index contributed by atoms with van der Waals surface area (Å²) in [6, 6.07) is 12.0. The number of benzene rings is 2. The van der Waals surface area contributed by atoms with Crippen molar-refractivity contribution in [2.45, 2.75) is 5.88 Å². The number of nitrogens with zero attached hydrogens (tertiary/aromatic N) is 2. The average molecular weight is 391 g/mol. The molecule has 1 heterocycles. The number of ether oxygens (including phenoxy) is 1. The van der Waals surface area contributed by atoms with Crippen LogP contribution in [-0.4, -0.2) is 22.2 Å². The number of halogens is 2. The number of aromatic hydroxyl groups is 1. The van der Waals surface area contributed by atoms with Gasteiger partial charge in [0.15, 0.2) is 0 Å². The van der Waals surface area contributed by atoms with E-state index in [9.17, 15) is 5.11 Å². The Balaban J connectivity index is 1.80. The fourth-order valence-corrected chi connectivity index (χ4v) is 2.73. The second-order valence-electron chi connectivity index (χ2n) is 5.36. The van der Waals surface area contributed by atoms with E-state index in [0.717, 1.165) is 17.0 Å². The third-order valence-corrected chi connectivity index (χ3v) is 4.11. The molecular weight excluding hydrogens is 375 g/mol. The lowest BCUT2D eigenvalue weighted by molar-refractivity contribution is 0.411. The van der Waals surface area contributed by atoms with E-state index in [1.54, 1.807) is 25.3 Å². The third-order valence-electron chi connectivity index (χ3n) is 3.59. The van der Waals surface area contributed by atoms with Crippen LogP contribution in [0.3, 0.4) is 0 Å². The van der Waals surface area contributed by atoms with Crippen LogP contribution < -0.4 is 15.4 Å². The van der Waals surface area contributed by atoms with E-state index in [0.29, 0.717) is 28.2 Å². The highest BCUT2D eigenvalue weighted by atomic mass is 35.5. The number of nitrogens with one attached hydrogen (secondary N) is 2. The van der Waals surface area contributed by atoms with Crippen molar-refractivity contribution in [3.63, 3.8) is 0 Å². The molecule has 0 bridgehead atoms. The van der Waals surface area contributed by atoms with Crippen LogP contribution in [0.4, 0.5) is 23.0 Å². The topological polar surface area (TPSA) is 79.3 Å². The van der Waals surface area contributed by atoms with Crippen molar-refractivity contribution in [3.8, 4) is 11.5 Å². The average Bonchev–Trinajstić information content (AvgIpc) is 2.65. The number of phenolic OH excluding ortho intramolecular Hbond substituents is 1. The molecule has 0 aliphatic carbocycles. The lowest BCUT2D eigenvalue weighted by atomic mass is 10.2. The summed E-state index contributed by atoms with van der Waals surface area (Å²) in [4.78, 5) is 8.35. The maximum atomic E-state index is 9.90. The van der Waals surface area contributed by atoms with Crippen molar-refractivity contribution in [1.82, 2.24) is 9.97 Å². The van der Waals surface area contributed by atoms with Crippen molar-refractivity contribution >= 4 is 46.2 Å². The fraction of sp³-hybridized carbons (Fsp3) is 0.111. The molecule has 0 saturated carbocycles. The van der Waals surface area contributed by atoms with Gasteiger partial charge in [-0.3, -0.25) is 0 Å². The highest BCUT2D eigenvalue weighted by molar-refractivity contribution is 6.31. The van der Waals surface area contributed by atoms with Gasteiger partial charge >= 0.3 is 0 Å². The van der Waals surface area contributed by atoms with Gasteiger partial charge in [-0.1, -0.05) is 11.6 Å². The van der Waals surface area contributed by atoms with Gasteiger partial charge in [0.2, 0.25) is 0 Å². The zero-order chi connectivity index (χ0) is 18.5. The van der Waals surface area contributed by atoms with Gasteiger partial charge in [-0.15, -0.1) is 11.6 Å². The summed E-state index contributed by atoms with van der Waals surface area (Å²) in [6.45, 7) is 0. The highest BCUT2D eigenvalue weighted by Gasteiger charge is 2.07. The molecule has 26 heavy (non-hydrogen) atoms. The number of phenols is 1. The van der Waals surface area contributed by atoms with E-state index in [1.165, 1.54) is 12.4 Å². The van der Waals surface area contributed by atoms with E-state index >= 15 is 0 Å². The molecule has 3 rings (SSSR count). The van der Waals surface area contributed by atoms with E-state index in [4.69, 9.17) is 27.9 Å². The summed E-state index contributed by atoms with van der Waals surface area (Å²) in [5.41, 5.74) is 2.14. The molecule has 2 aromatic carbocycles. The summed E-state index contributed by atoms with van der Waals surface area (Å²) in [6.07, 6.45) is 1.41. The Hall–Kier alpha value is -2.70. The van der Waals surface area contributed by atoms with Crippen molar-refractivity contribution in [2.24, 2.45) is 0 Å². The molecule has 0 radical (unpaired) electrons. The van der Waals surface area contributed by atoms with Gasteiger partial charge in [0.1, 0.15) is 29.5 Å². The van der Waals surface area contributed by atoms with E-state index < -0.39 is 0 Å². The van der Waals surface area contributed by atoms with E-state index in [-0.39, 0.29) is 5.75 Å². The molecule has 8 heteroatoms. The van der Waals surface area contributed by atoms with Crippen LogP contribution in [0.5, 0.6) is 11.5 Å². The quantitative estimate of drug-likeness (QED) is 0.402. The lowest BCUT2D eigenvalue weighted by Crippen LogP contribution is -1.99. The molecule has 3 aromatic rings. The molecular formula is C18H16Cl2N4O2. The summed E-state index contributed by atoms with van der Waals surface area (Å²) < 4.78 is 5.27. The van der Waals surface area contributed by atoms with Crippen molar-refractivity contribution < 1.29 is 9.84 Å². The Bertz CT molecular complexity index is 921. The van der Waals surface area contributed by atoms with Gasteiger partial charge in [-0.05, 0) is 36.4 Å². The summed E-state index contributed by atoms with van der Waals surface area (Å²) in [5, 5.41) is 16.6. The zero-order valence-corrected chi connectivity index (χ0v) is 15.3. The van der Waals surface area contributed by atoms with Crippen molar-refractivity contribution in [3.05, 3.63) is 59.4 Å². The molecule has 1 aromatic heterocycles. The maximum Gasteiger partial charge on any atom is 0.139 e. The van der Waals surface area contributed by atoms with Gasteiger partial charge in [0.25, 0.3) is 0 Å². The second kappa shape index (κ2) is 8.12. The highest BCUT2D eigenvalue weighted by Crippen LogP contribution is 2.30. The Kier molecular flexibility index (Phi) is 5.65. The number of anilines is 4. The van der Waals surface area contributed by atoms with Crippen molar-refractivity contribution in [2.75, 3.05) is 17.7 Å². The van der Waals surface area contributed by atoms with Crippen molar-refractivity contribution in [1.29, 1.82) is 0 Å². The molecule has 0 aliphatic heterocycles. The Labute approximate surface area is 160 Å². The van der Waals surface area contributed by atoms with Crippen LogP contribution in [0.25, 0.3) is 0 Å². The van der Waals surface area contributed by atoms with Crippen LogP contribution in [0.15, 0.2) is 48.8 Å². The number of alkyl halides is 1. The van der Waals surface area contributed by atoms with Crippen LogP contribution in [0.2, 0.25) is 5.02 Å². The molecule has 6 nitrogen and oxygen atoms in total. The van der Waals surface area contributed by atoms with Gasteiger partial charge in [0.05, 0.1) is 18.7 Å². The zero-order valence-electron chi connectivity index (χ0n) is 13.8. The second-order valence-corrected chi connectivity index (χ2v) is 6.06. The molecule has 0 saturated heterocycles. The van der Waals surface area contributed by atoms with Crippen LogP contribution in [0, 0.1) is 0 Å². The molecule has 3 N–H and O–H groups in total. The van der Waals surface area contributed by atoms with E-state index in [1.807, 2.05) is 18.2 Å². The minimum atomic E-state index is 0.0735. The normalized spacial score (nSPS) is 10.4. The number of methoxy groups -OCH3 is 1. The summed E-state index contributed by atoms with van der Waals surface area (Å²) >= 11 is 11.9. The summed E-state index contributed by atoms with van der Waals surface area (Å²) in [7, 11) is 1.60. The lowest BCUT2D eigenvalue weighted by Gasteiger charge is -2.12. The molecule has 0 spiro atoms. The standard InChI is InChI=1S/C18H16Cl2N4O2/c1-26-16-5-3-13(6-11(16)9-19)23-17-8-18(22-10-21-17)24-14-7-12(20)2-4-15(14)25/h2-8,10,25H,9H2,1H3,(H2,21,22,23,24). The van der Waals surface area contributed by atoms with Gasteiger partial charge in [-0.2, -0.15) is 0 Å². The molecule has 0 amide bonds. The van der Waals surface area contributed by atoms with Gasteiger partial charge < -0.3 is 20.5 Å². The minimum Gasteiger partial charge on any atom is -0.506 e. The minimum absolute atomic E-state index is 0.0735. The third kappa shape index (κ3) is 4.28. The first kappa shape index (κ1) is 18.1. The van der Waals surface area contributed by atoms with Crippen LogP contribution in [-0.2, 0) is 5.88 Å². The number of rotatable bonds is 6. The number of hydrogen-bond acceptors (Lipinski definition) is 6. The van der Waals surface area contributed by atoms with Gasteiger partial charge in [0, 0.05) is 22.3 Å². The fourth-order valence-electron chi connectivity index (χ4n) is 2.35. The smallest absolute Gasteiger partial charge is 0.139 e. The monoisotopic (exact) mass is 390 g/mol. The van der Waals surface area contributed by atoms with Gasteiger partial charge in [-0.25, -0.2) is 9.97 Å². The summed E-state index contributed by atoms with van der Waals surface area (Å²) in [5.74, 6) is 2.22. The molecule has 0 atom stereocenters. The number of aromatic nitrogens is 2. The first-order valence-electron chi connectivity index (χ1n) is 7.66. The molecule has 134 valence electrons. The predicted octanol–water partition coefficient (Wildman–Crippen LogP) is 5.07. The first-order valence-corrected chi connectivity index (χ1v) is 8.58. The molecule has 0 fully saturated rings. The molecule has 0 unspecified atom stereocenters. The Morgan fingerprint density at radius 1 is 1.04 bits per heavy atom. The van der Waals surface area contributed by atoms with Crippen LogP contribution >= 0.6 is 23.2 Å². The molecule has 0 aliphatic rings. The predicted molar refractivity (Wildman–Crippen MR) is 104 cm³/mol. The number of hydrogen-bond donors (Lipinski definition) is 3. The largest absolute Gasteiger partial charge is 0.506 e. The Morgan fingerprint density at radius 3 is 2.54 bits per heavy atom. The Morgan fingerprint density at radius 2 is 1.81 bits per heavy atom. The SMILES string of the molecule is COc1ccc(Nc2cc(Nc3cc(Cl)ccc3O)ncn2)cc1CCl.